The van der Waals surface area contributed by atoms with Gasteiger partial charge in [-0.05, 0) is 18.8 Å². The van der Waals surface area contributed by atoms with Gasteiger partial charge in [-0.2, -0.15) is 0 Å². The van der Waals surface area contributed by atoms with E-state index in [0.29, 0.717) is 12.8 Å². The van der Waals surface area contributed by atoms with Crippen LogP contribution in [0.4, 0.5) is 0 Å². The van der Waals surface area contributed by atoms with Gasteiger partial charge in [-0.15, -0.1) is 0 Å². The molecule has 0 heterocycles. The van der Waals surface area contributed by atoms with Gasteiger partial charge < -0.3 is 5.11 Å². The van der Waals surface area contributed by atoms with Gasteiger partial charge in [-0.25, -0.2) is 0 Å². The van der Waals surface area contributed by atoms with Gasteiger partial charge >= 0.3 is 0 Å². The summed E-state index contributed by atoms with van der Waals surface area (Å²) in [5, 5.41) is 9.70. The molecule has 0 aromatic rings. The Labute approximate surface area is 113 Å². The number of unbranched alkanes of at least 4 members (excludes halogenated alkanes) is 3. The average molecular weight is 256 g/mol. The number of hydrogen-bond acceptors (Lipinski definition) is 2. The Morgan fingerprint density at radius 3 is 2.11 bits per heavy atom. The molecule has 0 aliphatic carbocycles. The molecule has 0 fully saturated rings. The van der Waals surface area contributed by atoms with E-state index in [0.717, 1.165) is 38.0 Å². The van der Waals surface area contributed by atoms with Gasteiger partial charge in [-0.1, -0.05) is 65.7 Å². The van der Waals surface area contributed by atoms with Crippen LogP contribution in [0.5, 0.6) is 0 Å². The number of carbonyl (C=O) groups is 1. The molecule has 2 nitrogen and oxygen atoms in total. The van der Waals surface area contributed by atoms with E-state index in [1.54, 1.807) is 0 Å². The molecule has 0 aliphatic rings. The first kappa shape index (κ1) is 17.6. The van der Waals surface area contributed by atoms with Crippen LogP contribution < -0.4 is 0 Å². The molecule has 108 valence electrons. The maximum atomic E-state index is 11.7. The smallest absolute Gasteiger partial charge is 0.161 e. The van der Waals surface area contributed by atoms with Gasteiger partial charge in [0.1, 0.15) is 6.10 Å². The molecule has 0 radical (unpaired) electrons. The number of hydrogen-bond donors (Lipinski definition) is 1. The highest BCUT2D eigenvalue weighted by Crippen LogP contribution is 2.17. The molecule has 0 amide bonds. The maximum Gasteiger partial charge on any atom is 0.161 e. The summed E-state index contributed by atoms with van der Waals surface area (Å²) in [6, 6.07) is 0. The summed E-state index contributed by atoms with van der Waals surface area (Å²) in [5.41, 5.74) is 0. The van der Waals surface area contributed by atoms with Crippen LogP contribution in [0.25, 0.3) is 0 Å². The topological polar surface area (TPSA) is 37.3 Å². The first-order valence-electron chi connectivity index (χ1n) is 7.86. The first-order valence-corrected chi connectivity index (χ1v) is 7.86. The van der Waals surface area contributed by atoms with E-state index in [2.05, 4.69) is 20.8 Å². The number of rotatable bonds is 12. The summed E-state index contributed by atoms with van der Waals surface area (Å²) in [5.74, 6) is 0.866. The van der Waals surface area contributed by atoms with Crippen LogP contribution in [0.2, 0.25) is 0 Å². The molecule has 2 heteroatoms. The molecule has 0 saturated heterocycles. The fourth-order valence-electron chi connectivity index (χ4n) is 2.34. The standard InChI is InChI=1S/C16H32O2/c1-4-7-8-12-15(17)16(18)13-10-9-11-14(5-2)6-3/h14-15,17H,4-13H2,1-3H3. The lowest BCUT2D eigenvalue weighted by Crippen LogP contribution is -2.19. The lowest BCUT2D eigenvalue weighted by molar-refractivity contribution is -0.127. The quantitative estimate of drug-likeness (QED) is 0.522. The second-order valence-electron chi connectivity index (χ2n) is 5.41. The molecule has 18 heavy (non-hydrogen) atoms. The van der Waals surface area contributed by atoms with Crippen LogP contribution in [-0.4, -0.2) is 17.0 Å². The molecule has 0 bridgehead atoms. The molecule has 0 aromatic carbocycles. The maximum absolute atomic E-state index is 11.7. The zero-order valence-corrected chi connectivity index (χ0v) is 12.6. The number of ketones is 1. The van der Waals surface area contributed by atoms with Gasteiger partial charge in [0.05, 0.1) is 0 Å². The minimum absolute atomic E-state index is 0.0515. The van der Waals surface area contributed by atoms with Gasteiger partial charge in [0.25, 0.3) is 0 Å². The average Bonchev–Trinajstić information content (AvgIpc) is 2.38. The summed E-state index contributed by atoms with van der Waals surface area (Å²) < 4.78 is 0. The number of Topliss-reactive ketones (excluding diaryl/α,β-unsaturated/α-hetero) is 1. The predicted molar refractivity (Wildman–Crippen MR) is 77.7 cm³/mol. The number of carbonyl (C=O) groups excluding carboxylic acids is 1. The van der Waals surface area contributed by atoms with Crippen molar-refractivity contribution >= 4 is 5.78 Å². The molecule has 0 spiro atoms. The minimum Gasteiger partial charge on any atom is -0.385 e. The summed E-state index contributed by atoms with van der Waals surface area (Å²) >= 11 is 0. The largest absolute Gasteiger partial charge is 0.385 e. The highest BCUT2D eigenvalue weighted by Gasteiger charge is 2.14. The van der Waals surface area contributed by atoms with Crippen LogP contribution in [0.3, 0.4) is 0 Å². The second-order valence-corrected chi connectivity index (χ2v) is 5.41. The fraction of sp³-hybridized carbons (Fsp3) is 0.938. The van der Waals surface area contributed by atoms with Crippen molar-refractivity contribution in [1.29, 1.82) is 0 Å². The molecule has 1 unspecified atom stereocenters. The number of aliphatic hydroxyl groups excluding tert-OH is 1. The van der Waals surface area contributed by atoms with Gasteiger partial charge in [0, 0.05) is 6.42 Å². The first-order chi connectivity index (χ1) is 8.65. The highest BCUT2D eigenvalue weighted by atomic mass is 16.3. The van der Waals surface area contributed by atoms with Crippen molar-refractivity contribution in [3.63, 3.8) is 0 Å². The molecule has 1 atom stereocenters. The van der Waals surface area contributed by atoms with Crippen molar-refractivity contribution in [1.82, 2.24) is 0 Å². The van der Waals surface area contributed by atoms with E-state index < -0.39 is 6.10 Å². The summed E-state index contributed by atoms with van der Waals surface area (Å²) in [6.45, 7) is 6.60. The number of aliphatic hydroxyl groups is 1. The van der Waals surface area contributed by atoms with Gasteiger partial charge in [-0.3, -0.25) is 4.79 Å². The minimum atomic E-state index is -0.704. The molecule has 0 aromatic heterocycles. The van der Waals surface area contributed by atoms with Gasteiger partial charge in [0.15, 0.2) is 5.78 Å². The Bertz CT molecular complexity index is 197. The lowest BCUT2D eigenvalue weighted by Gasteiger charge is -2.12. The summed E-state index contributed by atoms with van der Waals surface area (Å²) in [7, 11) is 0. The third kappa shape index (κ3) is 8.68. The van der Waals surface area contributed by atoms with Crippen molar-refractivity contribution in [3.8, 4) is 0 Å². The van der Waals surface area contributed by atoms with E-state index in [-0.39, 0.29) is 5.78 Å². The van der Waals surface area contributed by atoms with Crippen molar-refractivity contribution in [2.75, 3.05) is 0 Å². The van der Waals surface area contributed by atoms with Crippen LogP contribution in [0, 0.1) is 5.92 Å². The van der Waals surface area contributed by atoms with E-state index in [4.69, 9.17) is 0 Å². The highest BCUT2D eigenvalue weighted by molar-refractivity contribution is 5.82. The fourth-order valence-corrected chi connectivity index (χ4v) is 2.34. The molecule has 0 aliphatic heterocycles. The Morgan fingerprint density at radius 2 is 1.56 bits per heavy atom. The third-order valence-electron chi connectivity index (χ3n) is 3.89. The SMILES string of the molecule is CCCCCC(O)C(=O)CCCCC(CC)CC. The van der Waals surface area contributed by atoms with Crippen molar-refractivity contribution in [2.24, 2.45) is 5.92 Å². The Kier molecular flexibility index (Phi) is 11.5. The van der Waals surface area contributed by atoms with Crippen molar-refractivity contribution < 1.29 is 9.90 Å². The van der Waals surface area contributed by atoms with E-state index in [1.807, 2.05) is 0 Å². The molecular formula is C16H32O2. The third-order valence-corrected chi connectivity index (χ3v) is 3.89. The van der Waals surface area contributed by atoms with Crippen molar-refractivity contribution in [3.05, 3.63) is 0 Å². The second kappa shape index (κ2) is 11.7. The molecule has 0 saturated carbocycles. The Balaban J connectivity index is 3.57. The zero-order chi connectivity index (χ0) is 13.8. The molecular weight excluding hydrogens is 224 g/mol. The Morgan fingerprint density at radius 1 is 0.944 bits per heavy atom. The molecule has 1 N–H and O–H groups in total. The predicted octanol–water partition coefficient (Wildman–Crippen LogP) is 4.49. The van der Waals surface area contributed by atoms with Crippen LogP contribution in [0.1, 0.15) is 85.0 Å². The van der Waals surface area contributed by atoms with Crippen LogP contribution >= 0.6 is 0 Å². The van der Waals surface area contributed by atoms with Crippen molar-refractivity contribution in [2.45, 2.75) is 91.1 Å². The van der Waals surface area contributed by atoms with E-state index >= 15 is 0 Å². The summed E-state index contributed by atoms with van der Waals surface area (Å²) in [4.78, 5) is 11.7. The molecule has 0 rings (SSSR count). The van der Waals surface area contributed by atoms with Crippen LogP contribution in [-0.2, 0) is 4.79 Å². The zero-order valence-electron chi connectivity index (χ0n) is 12.6. The van der Waals surface area contributed by atoms with Crippen LogP contribution in [0.15, 0.2) is 0 Å². The lowest BCUT2D eigenvalue weighted by atomic mass is 9.95. The van der Waals surface area contributed by atoms with Gasteiger partial charge in [0.2, 0.25) is 0 Å². The van der Waals surface area contributed by atoms with E-state index in [1.165, 1.54) is 19.3 Å². The monoisotopic (exact) mass is 256 g/mol. The Hall–Kier alpha value is -0.370. The van der Waals surface area contributed by atoms with E-state index in [9.17, 15) is 9.90 Å². The normalized spacial score (nSPS) is 12.9. The summed E-state index contributed by atoms with van der Waals surface area (Å²) in [6.07, 6.45) is 9.50.